The van der Waals surface area contributed by atoms with Gasteiger partial charge in [0.1, 0.15) is 12.9 Å². The standard InChI is InChI=1S/C10H17N5O2/c1-10(17)3-2-5-14(6-4-10)9(16)7-15-8-11-12-13-15/h8,17H,2-7H2,1H3. The lowest BCUT2D eigenvalue weighted by molar-refractivity contribution is -0.132. The molecule has 1 N–H and O–H groups in total. The van der Waals surface area contributed by atoms with Crippen LogP contribution in [0.2, 0.25) is 0 Å². The van der Waals surface area contributed by atoms with Crippen LogP contribution in [0, 0.1) is 0 Å². The van der Waals surface area contributed by atoms with Crippen LogP contribution in [0.1, 0.15) is 26.2 Å². The zero-order chi connectivity index (χ0) is 12.3. The van der Waals surface area contributed by atoms with E-state index in [0.717, 1.165) is 12.8 Å². The second kappa shape index (κ2) is 4.79. The van der Waals surface area contributed by atoms with Crippen molar-refractivity contribution < 1.29 is 9.90 Å². The topological polar surface area (TPSA) is 84.1 Å². The molecule has 1 aliphatic heterocycles. The molecule has 2 rings (SSSR count). The van der Waals surface area contributed by atoms with Crippen LogP contribution in [-0.2, 0) is 11.3 Å². The van der Waals surface area contributed by atoms with E-state index in [-0.39, 0.29) is 12.5 Å². The van der Waals surface area contributed by atoms with Gasteiger partial charge in [-0.25, -0.2) is 4.68 Å². The largest absolute Gasteiger partial charge is 0.390 e. The van der Waals surface area contributed by atoms with E-state index in [4.69, 9.17) is 0 Å². The molecular weight excluding hydrogens is 222 g/mol. The molecule has 1 unspecified atom stereocenters. The van der Waals surface area contributed by atoms with Crippen LogP contribution >= 0.6 is 0 Å². The average molecular weight is 239 g/mol. The maximum absolute atomic E-state index is 12.0. The van der Waals surface area contributed by atoms with Gasteiger partial charge in [0.25, 0.3) is 0 Å². The third kappa shape index (κ3) is 3.23. The Labute approximate surface area is 99.4 Å². The number of rotatable bonds is 2. The van der Waals surface area contributed by atoms with Crippen LogP contribution in [0.5, 0.6) is 0 Å². The van der Waals surface area contributed by atoms with Gasteiger partial charge in [0.05, 0.1) is 5.60 Å². The molecule has 0 bridgehead atoms. The Morgan fingerprint density at radius 2 is 2.29 bits per heavy atom. The number of likely N-dealkylation sites (tertiary alicyclic amines) is 1. The fraction of sp³-hybridized carbons (Fsp3) is 0.800. The molecule has 2 heterocycles. The monoisotopic (exact) mass is 239 g/mol. The number of hydrogen-bond acceptors (Lipinski definition) is 5. The van der Waals surface area contributed by atoms with Crippen LogP contribution in [0.15, 0.2) is 6.33 Å². The number of amides is 1. The van der Waals surface area contributed by atoms with E-state index in [0.29, 0.717) is 19.5 Å². The summed E-state index contributed by atoms with van der Waals surface area (Å²) in [6.07, 6.45) is 3.61. The van der Waals surface area contributed by atoms with E-state index >= 15 is 0 Å². The van der Waals surface area contributed by atoms with Crippen LogP contribution < -0.4 is 0 Å². The fourth-order valence-electron chi connectivity index (χ4n) is 2.00. The van der Waals surface area contributed by atoms with Crippen molar-refractivity contribution in [3.63, 3.8) is 0 Å². The molecule has 7 heteroatoms. The highest BCUT2D eigenvalue weighted by atomic mass is 16.3. The first-order valence-corrected chi connectivity index (χ1v) is 5.78. The van der Waals surface area contributed by atoms with Gasteiger partial charge in [-0.2, -0.15) is 0 Å². The van der Waals surface area contributed by atoms with Crippen molar-refractivity contribution in [2.75, 3.05) is 13.1 Å². The average Bonchev–Trinajstić information content (AvgIpc) is 2.68. The predicted octanol–water partition coefficient (Wildman–Crippen LogP) is -0.563. The minimum atomic E-state index is -0.649. The van der Waals surface area contributed by atoms with Crippen molar-refractivity contribution in [1.29, 1.82) is 0 Å². The Hall–Kier alpha value is -1.50. The number of nitrogens with zero attached hydrogens (tertiary/aromatic N) is 5. The van der Waals surface area contributed by atoms with Gasteiger partial charge in [0.2, 0.25) is 5.91 Å². The Morgan fingerprint density at radius 3 is 3.00 bits per heavy atom. The van der Waals surface area contributed by atoms with Gasteiger partial charge in [-0.1, -0.05) is 0 Å². The molecule has 1 fully saturated rings. The Morgan fingerprint density at radius 1 is 1.47 bits per heavy atom. The smallest absolute Gasteiger partial charge is 0.244 e. The first kappa shape index (κ1) is 12.0. The molecule has 1 atom stereocenters. The van der Waals surface area contributed by atoms with Gasteiger partial charge >= 0.3 is 0 Å². The lowest BCUT2D eigenvalue weighted by atomic mass is 9.98. The highest BCUT2D eigenvalue weighted by Crippen LogP contribution is 2.21. The summed E-state index contributed by atoms with van der Waals surface area (Å²) in [6, 6.07) is 0. The molecule has 0 aromatic carbocycles. The summed E-state index contributed by atoms with van der Waals surface area (Å²) in [5.41, 5.74) is -0.649. The highest BCUT2D eigenvalue weighted by Gasteiger charge is 2.27. The number of tetrazole rings is 1. The minimum Gasteiger partial charge on any atom is -0.390 e. The molecule has 1 amide bonds. The first-order chi connectivity index (χ1) is 8.07. The predicted molar refractivity (Wildman–Crippen MR) is 58.9 cm³/mol. The molecule has 94 valence electrons. The summed E-state index contributed by atoms with van der Waals surface area (Å²) in [5.74, 6) is -0.00463. The summed E-state index contributed by atoms with van der Waals surface area (Å²) in [6.45, 7) is 3.27. The molecule has 1 aromatic heterocycles. The van der Waals surface area contributed by atoms with E-state index in [1.165, 1.54) is 11.0 Å². The van der Waals surface area contributed by atoms with Gasteiger partial charge in [-0.3, -0.25) is 4.79 Å². The lowest BCUT2D eigenvalue weighted by Crippen LogP contribution is -2.35. The second-order valence-corrected chi connectivity index (χ2v) is 4.74. The highest BCUT2D eigenvalue weighted by molar-refractivity contribution is 5.75. The Balaban J connectivity index is 1.91. The summed E-state index contributed by atoms with van der Waals surface area (Å²) in [5, 5.41) is 20.6. The molecular formula is C10H17N5O2. The van der Waals surface area contributed by atoms with Gasteiger partial charge in [0, 0.05) is 13.1 Å². The van der Waals surface area contributed by atoms with Crippen LogP contribution in [0.3, 0.4) is 0 Å². The SMILES string of the molecule is CC1(O)CCCN(C(=O)Cn2cnnn2)CC1. The molecule has 7 nitrogen and oxygen atoms in total. The summed E-state index contributed by atoms with van der Waals surface area (Å²) < 4.78 is 1.41. The number of hydrogen-bond donors (Lipinski definition) is 1. The Kier molecular flexibility index (Phi) is 3.37. The third-order valence-corrected chi connectivity index (χ3v) is 3.11. The summed E-state index contributed by atoms with van der Waals surface area (Å²) in [7, 11) is 0. The van der Waals surface area contributed by atoms with Crippen molar-refractivity contribution >= 4 is 5.91 Å². The van der Waals surface area contributed by atoms with E-state index in [1.54, 1.807) is 4.90 Å². The van der Waals surface area contributed by atoms with Crippen molar-refractivity contribution in [1.82, 2.24) is 25.1 Å². The summed E-state index contributed by atoms with van der Waals surface area (Å²) >= 11 is 0. The van der Waals surface area contributed by atoms with Crippen molar-refractivity contribution in [3.05, 3.63) is 6.33 Å². The molecule has 0 spiro atoms. The molecule has 0 aliphatic carbocycles. The van der Waals surface area contributed by atoms with Crippen molar-refractivity contribution in [2.45, 2.75) is 38.3 Å². The van der Waals surface area contributed by atoms with Crippen LogP contribution in [0.4, 0.5) is 0 Å². The number of aromatic nitrogens is 4. The van der Waals surface area contributed by atoms with E-state index in [2.05, 4.69) is 15.5 Å². The Bertz CT molecular complexity index is 376. The molecule has 0 radical (unpaired) electrons. The van der Waals surface area contributed by atoms with Crippen molar-refractivity contribution in [3.8, 4) is 0 Å². The molecule has 17 heavy (non-hydrogen) atoms. The summed E-state index contributed by atoms with van der Waals surface area (Å²) in [4.78, 5) is 13.7. The number of carbonyl (C=O) groups excluding carboxylic acids is 1. The van der Waals surface area contributed by atoms with Gasteiger partial charge in [-0.15, -0.1) is 5.10 Å². The normalized spacial score (nSPS) is 25.6. The molecule has 1 aromatic rings. The third-order valence-electron chi connectivity index (χ3n) is 3.11. The zero-order valence-corrected chi connectivity index (χ0v) is 9.91. The number of carbonyl (C=O) groups is 1. The minimum absolute atomic E-state index is 0.00463. The second-order valence-electron chi connectivity index (χ2n) is 4.74. The molecule has 0 saturated carbocycles. The lowest BCUT2D eigenvalue weighted by Gasteiger charge is -2.22. The van der Waals surface area contributed by atoms with E-state index in [1.807, 2.05) is 6.92 Å². The van der Waals surface area contributed by atoms with Crippen LogP contribution in [-0.4, -0.2) is 54.8 Å². The first-order valence-electron chi connectivity index (χ1n) is 5.78. The van der Waals surface area contributed by atoms with E-state index in [9.17, 15) is 9.90 Å². The maximum Gasteiger partial charge on any atom is 0.244 e. The molecule has 1 aliphatic rings. The van der Waals surface area contributed by atoms with Gasteiger partial charge in [-0.05, 0) is 36.6 Å². The van der Waals surface area contributed by atoms with Gasteiger partial charge < -0.3 is 10.0 Å². The quantitative estimate of drug-likeness (QED) is 0.747. The number of aliphatic hydroxyl groups is 1. The molecule has 1 saturated heterocycles. The van der Waals surface area contributed by atoms with E-state index < -0.39 is 5.60 Å². The van der Waals surface area contributed by atoms with Crippen LogP contribution in [0.25, 0.3) is 0 Å². The fourth-order valence-corrected chi connectivity index (χ4v) is 2.00. The van der Waals surface area contributed by atoms with Crippen molar-refractivity contribution in [2.24, 2.45) is 0 Å². The van der Waals surface area contributed by atoms with Gasteiger partial charge in [0.15, 0.2) is 0 Å². The zero-order valence-electron chi connectivity index (χ0n) is 9.91. The maximum atomic E-state index is 12.0.